The fourth-order valence-corrected chi connectivity index (χ4v) is 2.74. The highest BCUT2D eigenvalue weighted by Crippen LogP contribution is 2.25. The van der Waals surface area contributed by atoms with Crippen LogP contribution in [0.3, 0.4) is 0 Å². The van der Waals surface area contributed by atoms with E-state index in [-0.39, 0.29) is 11.2 Å². The molecule has 1 aromatic heterocycles. The van der Waals surface area contributed by atoms with Gasteiger partial charge in [0.25, 0.3) is 0 Å². The molecule has 112 valence electrons. The van der Waals surface area contributed by atoms with Gasteiger partial charge in [0.05, 0.1) is 5.25 Å². The lowest BCUT2D eigenvalue weighted by atomic mass is 10.1. The van der Waals surface area contributed by atoms with Crippen molar-refractivity contribution in [3.63, 3.8) is 0 Å². The third-order valence-corrected chi connectivity index (χ3v) is 4.09. The summed E-state index contributed by atoms with van der Waals surface area (Å²) >= 11 is 1.30. The number of thioether (sulfide) groups is 1. The number of carbonyl (C=O) groups excluding carboxylic acids is 1. The summed E-state index contributed by atoms with van der Waals surface area (Å²) < 4.78 is 1.43. The third-order valence-electron chi connectivity index (χ3n) is 3.05. The van der Waals surface area contributed by atoms with E-state index in [1.165, 1.54) is 22.0 Å². The van der Waals surface area contributed by atoms with Gasteiger partial charge < -0.3 is 10.7 Å². The van der Waals surface area contributed by atoms with Crippen LogP contribution in [0, 0.1) is 6.92 Å². The lowest BCUT2D eigenvalue weighted by molar-refractivity contribution is -0.127. The Morgan fingerprint density at radius 3 is 2.48 bits per heavy atom. The maximum Gasteiger partial charge on any atom is 0.235 e. The first-order valence-electron chi connectivity index (χ1n) is 6.55. The Hall–Kier alpha value is -2.02. The van der Waals surface area contributed by atoms with Crippen molar-refractivity contribution in [1.29, 1.82) is 0 Å². The van der Waals surface area contributed by atoms with Crippen molar-refractivity contribution < 1.29 is 4.79 Å². The van der Waals surface area contributed by atoms with E-state index in [1.54, 1.807) is 19.0 Å². The average molecular weight is 305 g/mol. The van der Waals surface area contributed by atoms with Gasteiger partial charge in [0.1, 0.15) is 0 Å². The molecule has 0 saturated heterocycles. The molecule has 2 aromatic rings. The predicted molar refractivity (Wildman–Crippen MR) is 84.4 cm³/mol. The largest absolute Gasteiger partial charge is 0.348 e. The van der Waals surface area contributed by atoms with Gasteiger partial charge in [0.2, 0.25) is 11.1 Å². The topological polar surface area (TPSA) is 77.0 Å². The molecule has 0 bridgehead atoms. The number of rotatable bonds is 4. The van der Waals surface area contributed by atoms with E-state index in [1.807, 2.05) is 38.1 Å². The van der Waals surface area contributed by atoms with Gasteiger partial charge in [-0.1, -0.05) is 41.6 Å². The van der Waals surface area contributed by atoms with Crippen LogP contribution in [-0.4, -0.2) is 45.0 Å². The highest BCUT2D eigenvalue weighted by molar-refractivity contribution is 8.00. The lowest BCUT2D eigenvalue weighted by Crippen LogP contribution is -2.30. The number of nitrogen functional groups attached to an aromatic ring is 1. The molecule has 0 aliphatic carbocycles. The van der Waals surface area contributed by atoms with Gasteiger partial charge in [0, 0.05) is 19.7 Å². The number of aromatic nitrogens is 3. The Morgan fingerprint density at radius 1 is 1.29 bits per heavy atom. The molecular weight excluding hydrogens is 286 g/mol. The molecular formula is C14H19N5OS. The molecule has 1 amide bonds. The van der Waals surface area contributed by atoms with Crippen molar-refractivity contribution >= 4 is 17.7 Å². The summed E-state index contributed by atoms with van der Waals surface area (Å²) in [5, 5.41) is 8.45. The number of carbonyl (C=O) groups is 1. The molecule has 2 rings (SSSR count). The zero-order chi connectivity index (χ0) is 15.6. The van der Waals surface area contributed by atoms with Crippen molar-refractivity contribution in [1.82, 2.24) is 19.8 Å². The zero-order valence-corrected chi connectivity index (χ0v) is 13.4. The van der Waals surface area contributed by atoms with Crippen LogP contribution >= 0.6 is 11.8 Å². The smallest absolute Gasteiger partial charge is 0.235 e. The molecule has 0 fully saturated rings. The van der Waals surface area contributed by atoms with Crippen molar-refractivity contribution in [3.8, 4) is 11.4 Å². The summed E-state index contributed by atoms with van der Waals surface area (Å²) in [6, 6.07) is 7.89. The summed E-state index contributed by atoms with van der Waals surface area (Å²) in [7, 11) is 3.45. The summed E-state index contributed by atoms with van der Waals surface area (Å²) in [4.78, 5) is 13.4. The Morgan fingerprint density at radius 2 is 1.90 bits per heavy atom. The molecule has 2 N–H and O–H groups in total. The normalized spacial score (nSPS) is 12.2. The Bertz CT molecular complexity index is 635. The molecule has 0 aliphatic rings. The van der Waals surface area contributed by atoms with Crippen LogP contribution < -0.4 is 5.84 Å². The van der Waals surface area contributed by atoms with Crippen molar-refractivity contribution in [3.05, 3.63) is 29.8 Å². The van der Waals surface area contributed by atoms with Crippen molar-refractivity contribution in [2.75, 3.05) is 19.9 Å². The monoisotopic (exact) mass is 305 g/mol. The number of hydrogen-bond donors (Lipinski definition) is 1. The number of hydrogen-bond acceptors (Lipinski definition) is 5. The van der Waals surface area contributed by atoms with E-state index in [4.69, 9.17) is 5.84 Å². The van der Waals surface area contributed by atoms with Gasteiger partial charge in [-0.2, -0.15) is 0 Å². The average Bonchev–Trinajstić information content (AvgIpc) is 2.80. The first kappa shape index (κ1) is 15.4. The Labute approximate surface area is 128 Å². The summed E-state index contributed by atoms with van der Waals surface area (Å²) in [5.41, 5.74) is 2.07. The van der Waals surface area contributed by atoms with Crippen molar-refractivity contribution in [2.24, 2.45) is 0 Å². The van der Waals surface area contributed by atoms with Gasteiger partial charge in [-0.05, 0) is 13.8 Å². The predicted octanol–water partition coefficient (Wildman–Crippen LogP) is 1.54. The SMILES string of the molecule is Cc1ccc(-c2nnc(S[C@@H](C)C(=O)N(C)C)n2N)cc1. The molecule has 0 spiro atoms. The Balaban J connectivity index is 2.21. The molecule has 7 heteroatoms. The minimum Gasteiger partial charge on any atom is -0.348 e. The van der Waals surface area contributed by atoms with E-state index in [2.05, 4.69) is 10.2 Å². The van der Waals surface area contributed by atoms with Crippen LogP contribution in [0.2, 0.25) is 0 Å². The van der Waals surface area contributed by atoms with Crippen molar-refractivity contribution in [2.45, 2.75) is 24.3 Å². The molecule has 1 atom stereocenters. The fourth-order valence-electron chi connectivity index (χ4n) is 1.83. The molecule has 0 aliphatic heterocycles. The lowest BCUT2D eigenvalue weighted by Gasteiger charge is -2.15. The first-order chi connectivity index (χ1) is 9.90. The molecule has 6 nitrogen and oxygen atoms in total. The third kappa shape index (κ3) is 3.36. The second-order valence-corrected chi connectivity index (χ2v) is 6.34. The quantitative estimate of drug-likeness (QED) is 0.685. The van der Waals surface area contributed by atoms with Crippen LogP contribution in [0.15, 0.2) is 29.4 Å². The van der Waals surface area contributed by atoms with Crippen LogP contribution in [0.5, 0.6) is 0 Å². The highest BCUT2D eigenvalue weighted by atomic mass is 32.2. The van der Waals surface area contributed by atoms with E-state index in [0.717, 1.165) is 5.56 Å². The van der Waals surface area contributed by atoms with E-state index >= 15 is 0 Å². The number of amides is 1. The van der Waals surface area contributed by atoms with E-state index in [0.29, 0.717) is 11.0 Å². The first-order valence-corrected chi connectivity index (χ1v) is 7.43. The van der Waals surface area contributed by atoms with Crippen LogP contribution in [-0.2, 0) is 4.79 Å². The zero-order valence-electron chi connectivity index (χ0n) is 12.6. The van der Waals surface area contributed by atoms with Gasteiger partial charge in [-0.15, -0.1) is 10.2 Å². The van der Waals surface area contributed by atoms with Gasteiger partial charge >= 0.3 is 0 Å². The van der Waals surface area contributed by atoms with Crippen LogP contribution in [0.4, 0.5) is 0 Å². The number of aryl methyl sites for hydroxylation is 1. The van der Waals surface area contributed by atoms with E-state index in [9.17, 15) is 4.79 Å². The molecule has 1 aromatic carbocycles. The second kappa shape index (κ2) is 6.17. The number of nitrogens with zero attached hydrogens (tertiary/aromatic N) is 4. The summed E-state index contributed by atoms with van der Waals surface area (Å²) in [6.45, 7) is 3.85. The summed E-state index contributed by atoms with van der Waals surface area (Å²) in [5.74, 6) is 6.64. The second-order valence-electron chi connectivity index (χ2n) is 5.03. The number of benzene rings is 1. The molecule has 21 heavy (non-hydrogen) atoms. The minimum atomic E-state index is -0.266. The maximum atomic E-state index is 11.9. The molecule has 0 saturated carbocycles. The van der Waals surface area contributed by atoms with Crippen LogP contribution in [0.1, 0.15) is 12.5 Å². The Kier molecular flexibility index (Phi) is 4.52. The van der Waals surface area contributed by atoms with Crippen LogP contribution in [0.25, 0.3) is 11.4 Å². The number of nitrogens with two attached hydrogens (primary N) is 1. The van der Waals surface area contributed by atoms with Gasteiger partial charge in [-0.3, -0.25) is 4.79 Å². The molecule has 1 heterocycles. The maximum absolute atomic E-state index is 11.9. The molecule has 0 unspecified atom stereocenters. The van der Waals surface area contributed by atoms with Gasteiger partial charge in [-0.25, -0.2) is 4.68 Å². The minimum absolute atomic E-state index is 0.0138. The summed E-state index contributed by atoms with van der Waals surface area (Å²) in [6.07, 6.45) is 0. The van der Waals surface area contributed by atoms with Gasteiger partial charge in [0.15, 0.2) is 5.82 Å². The fraction of sp³-hybridized carbons (Fsp3) is 0.357. The molecule has 0 radical (unpaired) electrons. The highest BCUT2D eigenvalue weighted by Gasteiger charge is 2.20. The standard InChI is InChI=1S/C14H19N5OS/c1-9-5-7-11(8-6-9)12-16-17-14(19(12)15)21-10(2)13(20)18(3)4/h5-8,10H,15H2,1-4H3/t10-/m0/s1. The van der Waals surface area contributed by atoms with E-state index < -0.39 is 0 Å².